The van der Waals surface area contributed by atoms with Crippen molar-refractivity contribution in [2.24, 2.45) is 29.1 Å². The summed E-state index contributed by atoms with van der Waals surface area (Å²) < 4.78 is 15.3. The summed E-state index contributed by atoms with van der Waals surface area (Å²) in [6.45, 7) is 16.9. The SMILES string of the molecule is C=CC(C)(SC1C(C(Cl)OC(=O)Cl)C2(C)C[C@H]12)C(=O)C1CNCC1CCc1cc(C)c(OC(C)(C)C(=O)OC)c(C)c1. The van der Waals surface area contributed by atoms with E-state index < -0.39 is 27.3 Å². The number of benzene rings is 1. The van der Waals surface area contributed by atoms with E-state index in [4.69, 9.17) is 37.4 Å². The number of hydrogen-bond acceptors (Lipinski definition) is 8. The van der Waals surface area contributed by atoms with Gasteiger partial charge in [0.2, 0.25) is 0 Å². The molecule has 0 aromatic heterocycles. The van der Waals surface area contributed by atoms with Gasteiger partial charge in [-0.05, 0) is 94.4 Å². The molecule has 42 heavy (non-hydrogen) atoms. The summed E-state index contributed by atoms with van der Waals surface area (Å²) >= 11 is 13.5. The van der Waals surface area contributed by atoms with Crippen LogP contribution >= 0.6 is 35.0 Å². The van der Waals surface area contributed by atoms with Crippen LogP contribution in [0.25, 0.3) is 0 Å². The average molecular weight is 641 g/mol. The fourth-order valence-corrected chi connectivity index (χ4v) is 9.86. The molecule has 0 radical (unpaired) electrons. The number of fused-ring (bicyclic) bond motifs is 1. The summed E-state index contributed by atoms with van der Waals surface area (Å²) in [4.78, 5) is 37.6. The van der Waals surface area contributed by atoms with Gasteiger partial charge >= 0.3 is 11.4 Å². The van der Waals surface area contributed by atoms with Gasteiger partial charge in [-0.2, -0.15) is 0 Å². The monoisotopic (exact) mass is 639 g/mol. The summed E-state index contributed by atoms with van der Waals surface area (Å²) in [5.74, 6) is 0.842. The van der Waals surface area contributed by atoms with Crippen molar-refractivity contribution in [1.29, 1.82) is 0 Å². The average Bonchev–Trinajstić information content (AvgIpc) is 3.26. The van der Waals surface area contributed by atoms with E-state index >= 15 is 0 Å². The highest BCUT2D eigenvalue weighted by molar-refractivity contribution is 8.02. The zero-order chi connectivity index (χ0) is 31.2. The van der Waals surface area contributed by atoms with E-state index in [1.165, 1.54) is 12.7 Å². The summed E-state index contributed by atoms with van der Waals surface area (Å²) in [6, 6.07) is 4.19. The molecule has 1 N–H and O–H groups in total. The highest BCUT2D eigenvalue weighted by Gasteiger charge is 2.74. The van der Waals surface area contributed by atoms with Crippen molar-refractivity contribution < 1.29 is 28.6 Å². The first-order valence-corrected chi connectivity index (χ1v) is 16.2. The minimum Gasteiger partial charge on any atom is -0.476 e. The third-order valence-corrected chi connectivity index (χ3v) is 11.8. The van der Waals surface area contributed by atoms with E-state index in [9.17, 15) is 14.4 Å². The zero-order valence-electron chi connectivity index (χ0n) is 25.6. The van der Waals surface area contributed by atoms with Crippen LogP contribution in [-0.4, -0.2) is 58.5 Å². The number of ether oxygens (including phenoxy) is 3. The maximum absolute atomic E-state index is 14.1. The van der Waals surface area contributed by atoms with Crippen molar-refractivity contribution in [1.82, 2.24) is 5.32 Å². The van der Waals surface area contributed by atoms with E-state index in [1.54, 1.807) is 31.7 Å². The third kappa shape index (κ3) is 6.38. The fourth-order valence-electron chi connectivity index (χ4n) is 7.00. The van der Waals surface area contributed by atoms with Crippen LogP contribution in [0.15, 0.2) is 24.8 Å². The molecule has 3 fully saturated rings. The van der Waals surface area contributed by atoms with Gasteiger partial charge in [-0.25, -0.2) is 9.59 Å². The van der Waals surface area contributed by atoms with Gasteiger partial charge in [0, 0.05) is 35.2 Å². The van der Waals surface area contributed by atoms with Crippen LogP contribution in [0.3, 0.4) is 0 Å². The largest absolute Gasteiger partial charge is 0.476 e. The number of aryl methyl sites for hydroxylation is 3. The Kier molecular flexibility index (Phi) is 9.74. The summed E-state index contributed by atoms with van der Waals surface area (Å²) in [6.07, 6.45) is 4.44. The molecular formula is C32H43Cl2NO6S. The minimum atomic E-state index is -1.10. The Labute approximate surface area is 263 Å². The Morgan fingerprint density at radius 1 is 1.21 bits per heavy atom. The number of Topliss-reactive ketones (excluding diaryl/α,β-unsaturated/α-hetero) is 1. The van der Waals surface area contributed by atoms with Crippen molar-refractivity contribution in [3.05, 3.63) is 41.5 Å². The maximum Gasteiger partial charge on any atom is 0.405 e. The summed E-state index contributed by atoms with van der Waals surface area (Å²) in [7, 11) is 1.35. The van der Waals surface area contributed by atoms with Crippen molar-refractivity contribution in [2.75, 3.05) is 20.2 Å². The van der Waals surface area contributed by atoms with Gasteiger partial charge in [0.05, 0.1) is 11.9 Å². The van der Waals surface area contributed by atoms with E-state index in [0.717, 1.165) is 36.9 Å². The third-order valence-electron chi connectivity index (χ3n) is 9.64. The van der Waals surface area contributed by atoms with Crippen molar-refractivity contribution in [2.45, 2.75) is 82.0 Å². The second-order valence-electron chi connectivity index (χ2n) is 13.0. The van der Waals surface area contributed by atoms with Crippen molar-refractivity contribution in [3.8, 4) is 5.75 Å². The number of halogens is 2. The molecule has 2 aliphatic carbocycles. The Morgan fingerprint density at radius 3 is 2.43 bits per heavy atom. The molecule has 4 rings (SSSR count). The molecule has 7 nitrogen and oxygen atoms in total. The first kappa shape index (κ1) is 33.2. The molecule has 1 aliphatic heterocycles. The molecule has 8 atom stereocenters. The number of methoxy groups -OCH3 is 1. The predicted molar refractivity (Wildman–Crippen MR) is 167 cm³/mol. The number of carbonyl (C=O) groups excluding carboxylic acids is 3. The van der Waals surface area contributed by atoms with Crippen molar-refractivity contribution >= 4 is 52.1 Å². The smallest absolute Gasteiger partial charge is 0.405 e. The Balaban J connectivity index is 1.42. The lowest BCUT2D eigenvalue weighted by atomic mass is 9.74. The van der Waals surface area contributed by atoms with Crippen LogP contribution in [0.4, 0.5) is 4.79 Å². The highest BCUT2D eigenvalue weighted by atomic mass is 35.5. The van der Waals surface area contributed by atoms with Gasteiger partial charge in [-0.3, -0.25) is 4.79 Å². The lowest BCUT2D eigenvalue weighted by Crippen LogP contribution is -2.50. The molecule has 10 heteroatoms. The number of alkyl halides is 1. The summed E-state index contributed by atoms with van der Waals surface area (Å²) in [5.41, 5.74) is 0.262. The lowest BCUT2D eigenvalue weighted by molar-refractivity contribution is -0.156. The van der Waals surface area contributed by atoms with E-state index in [-0.39, 0.29) is 34.2 Å². The first-order chi connectivity index (χ1) is 19.6. The molecule has 1 aromatic rings. The van der Waals surface area contributed by atoms with Crippen LogP contribution in [0.5, 0.6) is 5.75 Å². The van der Waals surface area contributed by atoms with Crippen molar-refractivity contribution in [3.63, 3.8) is 0 Å². The van der Waals surface area contributed by atoms with E-state index in [0.29, 0.717) is 18.2 Å². The minimum absolute atomic E-state index is 0.0188. The standard InChI is InChI=1S/C32H43Cl2NO6S/c1-9-32(7,42-25-22-14-31(22,6)23(25)27(33)40-29(34)38)26(36)21-16-35-15-20(21)11-10-19-12-17(2)24(18(3)13-19)41-30(4,5)28(37)39-8/h9,12-13,20-23,25,27,35H,1,10-11,14-16H2,2-8H3/t20?,21?,22-,23?,25?,27?,31?,32?/m1/s1. The number of carbonyl (C=O) groups is 3. The maximum atomic E-state index is 14.1. The van der Waals surface area contributed by atoms with Gasteiger partial charge in [-0.1, -0.05) is 36.7 Å². The quantitative estimate of drug-likeness (QED) is 0.112. The molecule has 0 spiro atoms. The molecule has 2 saturated carbocycles. The van der Waals surface area contributed by atoms with Gasteiger partial charge in [0.1, 0.15) is 5.75 Å². The number of ketones is 1. The molecule has 1 aromatic carbocycles. The van der Waals surface area contributed by atoms with Gasteiger partial charge in [0.15, 0.2) is 16.9 Å². The molecule has 0 bridgehead atoms. The van der Waals surface area contributed by atoms with Gasteiger partial charge in [-0.15, -0.1) is 18.3 Å². The fraction of sp³-hybridized carbons (Fsp3) is 0.656. The molecular weight excluding hydrogens is 597 g/mol. The molecule has 232 valence electrons. The predicted octanol–water partition coefficient (Wildman–Crippen LogP) is 6.61. The lowest BCUT2D eigenvalue weighted by Gasteiger charge is -2.46. The Morgan fingerprint density at radius 2 is 1.86 bits per heavy atom. The van der Waals surface area contributed by atoms with E-state index in [2.05, 4.69) is 31.0 Å². The Bertz CT molecular complexity index is 1230. The molecule has 3 aliphatic rings. The van der Waals surface area contributed by atoms with Crippen LogP contribution in [-0.2, 0) is 25.5 Å². The van der Waals surface area contributed by atoms with Crippen LogP contribution in [0.2, 0.25) is 0 Å². The van der Waals surface area contributed by atoms with Gasteiger partial charge < -0.3 is 19.5 Å². The van der Waals surface area contributed by atoms with Crippen LogP contribution < -0.4 is 10.1 Å². The first-order valence-electron chi connectivity index (χ1n) is 14.5. The molecule has 1 saturated heterocycles. The van der Waals surface area contributed by atoms with Crippen LogP contribution in [0.1, 0.15) is 57.2 Å². The number of esters is 1. The van der Waals surface area contributed by atoms with Gasteiger partial charge in [0.25, 0.3) is 0 Å². The highest BCUT2D eigenvalue weighted by Crippen LogP contribution is 2.76. The van der Waals surface area contributed by atoms with E-state index in [1.807, 2.05) is 20.8 Å². The topological polar surface area (TPSA) is 90.9 Å². The molecule has 1 heterocycles. The number of nitrogens with one attached hydrogen (secondary N) is 1. The number of thioether (sulfide) groups is 1. The zero-order valence-corrected chi connectivity index (χ0v) is 27.9. The molecule has 0 amide bonds. The number of hydrogen-bond donors (Lipinski definition) is 1. The second-order valence-corrected chi connectivity index (χ2v) is 15.4. The molecule has 7 unspecified atom stereocenters. The number of rotatable bonds is 13. The second kappa shape index (κ2) is 12.3. The summed E-state index contributed by atoms with van der Waals surface area (Å²) in [5, 5.41) is 3.53. The Hall–Kier alpha value is -1.74. The van der Waals surface area contributed by atoms with Crippen LogP contribution in [0, 0.1) is 42.9 Å². The normalized spacial score (nSPS) is 30.3.